The van der Waals surface area contributed by atoms with E-state index >= 15 is 0 Å². The molecule has 0 spiro atoms. The lowest BCUT2D eigenvalue weighted by Crippen LogP contribution is -2.32. The van der Waals surface area contributed by atoms with Gasteiger partial charge in [-0.15, -0.1) is 0 Å². The van der Waals surface area contributed by atoms with Crippen molar-refractivity contribution in [3.8, 4) is 11.5 Å². The summed E-state index contributed by atoms with van der Waals surface area (Å²) < 4.78 is 17.4. The molecule has 2 aromatic rings. The van der Waals surface area contributed by atoms with Gasteiger partial charge >= 0.3 is 5.97 Å². The third-order valence-corrected chi connectivity index (χ3v) is 4.38. The number of ketones is 1. The van der Waals surface area contributed by atoms with Gasteiger partial charge in [-0.25, -0.2) is 4.79 Å². The Kier molecular flexibility index (Phi) is 5.34. The molecule has 1 N–H and O–H groups in total. The molecule has 3 rings (SSSR count). The third-order valence-electron chi connectivity index (χ3n) is 4.38. The number of carbonyl (C=O) groups is 3. The van der Waals surface area contributed by atoms with Crippen molar-refractivity contribution in [3.63, 3.8) is 0 Å². The van der Waals surface area contributed by atoms with Crippen LogP contribution in [0.1, 0.15) is 28.7 Å². The molecule has 0 bridgehead atoms. The van der Waals surface area contributed by atoms with Gasteiger partial charge in [-0.05, 0) is 32.9 Å². The number of anilines is 1. The molecule has 28 heavy (non-hydrogen) atoms. The van der Waals surface area contributed by atoms with Gasteiger partial charge in [0.15, 0.2) is 17.6 Å². The maximum Gasteiger partial charge on any atom is 0.380 e. The fourth-order valence-corrected chi connectivity index (χ4v) is 2.84. The number of amides is 1. The van der Waals surface area contributed by atoms with Crippen molar-refractivity contribution in [1.82, 2.24) is 9.78 Å². The van der Waals surface area contributed by atoms with Crippen LogP contribution in [0.4, 0.5) is 5.69 Å². The first-order valence-corrected chi connectivity index (χ1v) is 8.74. The summed E-state index contributed by atoms with van der Waals surface area (Å²) >= 11 is 0. The molecular formula is C19H21N3O6. The van der Waals surface area contributed by atoms with Crippen LogP contribution in [0.25, 0.3) is 0 Å². The Balaban J connectivity index is 1.63. The number of nitrogens with one attached hydrogen (secondary N) is 1. The highest BCUT2D eigenvalue weighted by molar-refractivity contribution is 6.41. The number of carbonyl (C=O) groups excluding carboxylic acids is 3. The first kappa shape index (κ1) is 19.4. The Hall–Kier alpha value is -3.36. The molecule has 0 radical (unpaired) electrons. The normalized spacial score (nSPS) is 13.6. The maximum atomic E-state index is 12.4. The van der Waals surface area contributed by atoms with Gasteiger partial charge in [0.1, 0.15) is 13.2 Å². The van der Waals surface area contributed by atoms with Crippen LogP contribution in [0.15, 0.2) is 18.2 Å². The lowest BCUT2D eigenvalue weighted by Gasteiger charge is -2.19. The largest absolute Gasteiger partial charge is 0.486 e. The minimum absolute atomic E-state index is 0.187. The molecule has 9 heteroatoms. The summed E-state index contributed by atoms with van der Waals surface area (Å²) in [5.41, 5.74) is 1.62. The average molecular weight is 387 g/mol. The molecule has 0 fully saturated rings. The number of ether oxygens (including phenoxy) is 3. The highest BCUT2D eigenvalue weighted by atomic mass is 16.6. The van der Waals surface area contributed by atoms with E-state index in [4.69, 9.17) is 14.2 Å². The summed E-state index contributed by atoms with van der Waals surface area (Å²) in [6.07, 6.45) is -1.16. The van der Waals surface area contributed by atoms with Crippen molar-refractivity contribution >= 4 is 23.3 Å². The number of benzene rings is 1. The van der Waals surface area contributed by atoms with Crippen molar-refractivity contribution in [2.24, 2.45) is 7.05 Å². The number of Topliss-reactive ketones (excluding diaryl/α,β-unsaturated/α-hetero) is 1. The van der Waals surface area contributed by atoms with Gasteiger partial charge in [0, 0.05) is 24.5 Å². The van der Waals surface area contributed by atoms with Crippen molar-refractivity contribution in [3.05, 3.63) is 35.2 Å². The molecule has 1 aliphatic rings. The molecule has 2 heterocycles. The van der Waals surface area contributed by atoms with Crippen LogP contribution >= 0.6 is 0 Å². The molecule has 148 valence electrons. The Morgan fingerprint density at radius 1 is 1.18 bits per heavy atom. The number of nitrogens with zero attached hydrogens (tertiary/aromatic N) is 2. The minimum atomic E-state index is -1.16. The third kappa shape index (κ3) is 3.83. The quantitative estimate of drug-likeness (QED) is 0.471. The topological polar surface area (TPSA) is 109 Å². The Labute approximate surface area is 161 Å². The van der Waals surface area contributed by atoms with Gasteiger partial charge < -0.3 is 19.5 Å². The van der Waals surface area contributed by atoms with Gasteiger partial charge in [-0.3, -0.25) is 14.3 Å². The van der Waals surface area contributed by atoms with Crippen molar-refractivity contribution in [2.45, 2.75) is 26.9 Å². The summed E-state index contributed by atoms with van der Waals surface area (Å²) in [7, 11) is 1.67. The number of hydrogen-bond donors (Lipinski definition) is 1. The summed E-state index contributed by atoms with van der Waals surface area (Å²) in [6, 6.07) is 4.94. The summed E-state index contributed by atoms with van der Waals surface area (Å²) in [5, 5.41) is 6.73. The van der Waals surface area contributed by atoms with Crippen LogP contribution < -0.4 is 14.8 Å². The van der Waals surface area contributed by atoms with E-state index in [2.05, 4.69) is 10.4 Å². The van der Waals surface area contributed by atoms with Gasteiger partial charge in [0.25, 0.3) is 11.7 Å². The predicted molar refractivity (Wildman–Crippen MR) is 98.6 cm³/mol. The highest BCUT2D eigenvalue weighted by Gasteiger charge is 2.28. The number of hydrogen-bond acceptors (Lipinski definition) is 7. The predicted octanol–water partition coefficient (Wildman–Crippen LogP) is 1.56. The van der Waals surface area contributed by atoms with Crippen LogP contribution in [0.3, 0.4) is 0 Å². The van der Waals surface area contributed by atoms with E-state index in [9.17, 15) is 14.4 Å². The van der Waals surface area contributed by atoms with Crippen LogP contribution in [-0.2, 0) is 21.4 Å². The SMILES string of the molecule is Cc1nn(C)c(C)c1C(=O)C(=O)O[C@@H](C)C(=O)Nc1ccc2c(c1)OCCO2. The lowest BCUT2D eigenvalue weighted by molar-refractivity contribution is -0.148. The number of rotatable bonds is 5. The summed E-state index contributed by atoms with van der Waals surface area (Å²) in [6.45, 7) is 5.59. The number of aryl methyl sites for hydroxylation is 2. The van der Waals surface area contributed by atoms with Crippen molar-refractivity contribution in [1.29, 1.82) is 0 Å². The molecule has 1 aromatic heterocycles. The maximum absolute atomic E-state index is 12.4. The van der Waals surface area contributed by atoms with E-state index in [1.165, 1.54) is 11.6 Å². The highest BCUT2D eigenvalue weighted by Crippen LogP contribution is 2.32. The molecule has 1 aliphatic heterocycles. The molecule has 9 nitrogen and oxygen atoms in total. The monoisotopic (exact) mass is 387 g/mol. The molecule has 1 amide bonds. The minimum Gasteiger partial charge on any atom is -0.486 e. The number of esters is 1. The molecule has 0 saturated heterocycles. The number of aromatic nitrogens is 2. The zero-order valence-corrected chi connectivity index (χ0v) is 16.1. The molecular weight excluding hydrogens is 366 g/mol. The number of fused-ring (bicyclic) bond motifs is 1. The van der Waals surface area contributed by atoms with Gasteiger partial charge in [0.2, 0.25) is 0 Å². The second kappa shape index (κ2) is 7.71. The van der Waals surface area contributed by atoms with E-state index in [0.29, 0.717) is 41.8 Å². The Morgan fingerprint density at radius 3 is 2.50 bits per heavy atom. The second-order valence-corrected chi connectivity index (χ2v) is 6.39. The van der Waals surface area contributed by atoms with Crippen LogP contribution in [-0.4, -0.2) is 46.8 Å². The molecule has 1 atom stereocenters. The molecule has 0 aliphatic carbocycles. The Bertz CT molecular complexity index is 949. The fourth-order valence-electron chi connectivity index (χ4n) is 2.84. The first-order chi connectivity index (χ1) is 13.3. The molecule has 0 saturated carbocycles. The standard InChI is InChI=1S/C19H21N3O6/c1-10-16(11(2)22(4)21-10)17(23)19(25)28-12(3)18(24)20-13-5-6-14-15(9-13)27-8-7-26-14/h5-6,9,12H,7-8H2,1-4H3,(H,20,24)/t12-/m0/s1. The zero-order chi connectivity index (χ0) is 20.4. The smallest absolute Gasteiger partial charge is 0.380 e. The van der Waals surface area contributed by atoms with Crippen LogP contribution in [0.2, 0.25) is 0 Å². The molecule has 0 unspecified atom stereocenters. The Morgan fingerprint density at radius 2 is 1.86 bits per heavy atom. The van der Waals surface area contributed by atoms with Gasteiger partial charge in [0.05, 0.1) is 11.3 Å². The zero-order valence-electron chi connectivity index (χ0n) is 16.1. The van der Waals surface area contributed by atoms with E-state index < -0.39 is 23.8 Å². The van der Waals surface area contributed by atoms with Crippen LogP contribution in [0.5, 0.6) is 11.5 Å². The van der Waals surface area contributed by atoms with E-state index in [-0.39, 0.29) is 5.56 Å². The van der Waals surface area contributed by atoms with Crippen molar-refractivity contribution < 1.29 is 28.6 Å². The van der Waals surface area contributed by atoms with Gasteiger partial charge in [-0.2, -0.15) is 5.10 Å². The average Bonchev–Trinajstić information content (AvgIpc) is 2.92. The summed E-state index contributed by atoms with van der Waals surface area (Å²) in [5.74, 6) is -1.40. The first-order valence-electron chi connectivity index (χ1n) is 8.74. The van der Waals surface area contributed by atoms with Gasteiger partial charge in [-0.1, -0.05) is 0 Å². The fraction of sp³-hybridized carbons (Fsp3) is 0.368. The summed E-state index contributed by atoms with van der Waals surface area (Å²) in [4.78, 5) is 36.9. The van der Waals surface area contributed by atoms with Crippen molar-refractivity contribution in [2.75, 3.05) is 18.5 Å². The van der Waals surface area contributed by atoms with E-state index in [1.807, 2.05) is 0 Å². The second-order valence-electron chi connectivity index (χ2n) is 6.39. The van der Waals surface area contributed by atoms with E-state index in [0.717, 1.165) is 0 Å². The molecule has 1 aromatic carbocycles. The van der Waals surface area contributed by atoms with Crippen LogP contribution in [0, 0.1) is 13.8 Å². The lowest BCUT2D eigenvalue weighted by atomic mass is 10.1. The van der Waals surface area contributed by atoms with E-state index in [1.54, 1.807) is 39.1 Å².